The standard InChI is InChI=1S/C5H10O2.C3H3NO/c1-3-4(2)5(6)7;5-3-1-2-4-3/h4H,3H2,1-2H3,(H,6,7);1-2H,(H,4,5). The van der Waals surface area contributed by atoms with Gasteiger partial charge < -0.3 is 10.4 Å². The predicted molar refractivity (Wildman–Crippen MR) is 44.4 cm³/mol. The Bertz CT molecular complexity index is 198. The van der Waals surface area contributed by atoms with Crippen molar-refractivity contribution in [1.82, 2.24) is 5.32 Å². The molecule has 1 aliphatic rings. The van der Waals surface area contributed by atoms with Crippen molar-refractivity contribution in [3.8, 4) is 0 Å². The van der Waals surface area contributed by atoms with Gasteiger partial charge in [-0.25, -0.2) is 0 Å². The van der Waals surface area contributed by atoms with Gasteiger partial charge in [-0.3, -0.25) is 9.59 Å². The maximum absolute atomic E-state index is 9.93. The number of amides is 1. The lowest BCUT2D eigenvalue weighted by atomic mass is 10.1. The summed E-state index contributed by atoms with van der Waals surface area (Å²) in [5.74, 6) is -0.882. The summed E-state index contributed by atoms with van der Waals surface area (Å²) >= 11 is 0. The summed E-state index contributed by atoms with van der Waals surface area (Å²) in [6, 6.07) is 0. The molecule has 0 aromatic heterocycles. The number of carbonyl (C=O) groups is 2. The highest BCUT2D eigenvalue weighted by molar-refractivity contribution is 5.93. The molecular weight excluding hydrogens is 158 g/mol. The Balaban J connectivity index is 0.000000211. The number of carboxylic acids is 1. The van der Waals surface area contributed by atoms with Gasteiger partial charge in [-0.15, -0.1) is 0 Å². The molecule has 0 radical (unpaired) electrons. The zero-order chi connectivity index (χ0) is 9.56. The first-order valence-electron chi connectivity index (χ1n) is 3.77. The number of hydrogen-bond donors (Lipinski definition) is 2. The lowest BCUT2D eigenvalue weighted by Crippen LogP contribution is -2.22. The van der Waals surface area contributed by atoms with E-state index in [1.54, 1.807) is 13.1 Å². The third-order valence-corrected chi connectivity index (χ3v) is 1.49. The maximum atomic E-state index is 9.93. The molecule has 0 aliphatic carbocycles. The fraction of sp³-hybridized carbons (Fsp3) is 0.500. The van der Waals surface area contributed by atoms with E-state index in [2.05, 4.69) is 5.32 Å². The lowest BCUT2D eigenvalue weighted by Gasteiger charge is -1.97. The smallest absolute Gasteiger partial charge is 0.306 e. The van der Waals surface area contributed by atoms with Crippen molar-refractivity contribution in [2.75, 3.05) is 0 Å². The summed E-state index contributed by atoms with van der Waals surface area (Å²) in [4.78, 5) is 19.6. The Morgan fingerprint density at radius 1 is 1.75 bits per heavy atom. The summed E-state index contributed by atoms with van der Waals surface area (Å²) in [7, 11) is 0. The molecule has 0 aromatic rings. The average molecular weight is 171 g/mol. The van der Waals surface area contributed by atoms with Crippen molar-refractivity contribution in [2.24, 2.45) is 5.92 Å². The fourth-order valence-corrected chi connectivity index (χ4v) is 0.326. The molecule has 1 heterocycles. The molecule has 1 aliphatic heterocycles. The van der Waals surface area contributed by atoms with Gasteiger partial charge in [0.15, 0.2) is 0 Å². The van der Waals surface area contributed by atoms with Crippen molar-refractivity contribution in [2.45, 2.75) is 20.3 Å². The van der Waals surface area contributed by atoms with Gasteiger partial charge in [-0.05, 0) is 6.42 Å². The molecule has 12 heavy (non-hydrogen) atoms. The molecule has 0 aromatic carbocycles. The van der Waals surface area contributed by atoms with Crippen LogP contribution in [-0.4, -0.2) is 17.0 Å². The SMILES string of the molecule is CCC(C)C(=O)O.O=C1C=CN1. The van der Waals surface area contributed by atoms with Crippen molar-refractivity contribution < 1.29 is 14.7 Å². The lowest BCUT2D eigenvalue weighted by molar-refractivity contribution is -0.141. The predicted octanol–water partition coefficient (Wildman–Crippen LogP) is 0.747. The Kier molecular flexibility index (Phi) is 4.76. The molecule has 1 amide bonds. The monoisotopic (exact) mass is 171 g/mol. The van der Waals surface area contributed by atoms with E-state index in [1.807, 2.05) is 6.92 Å². The number of nitrogens with one attached hydrogen (secondary N) is 1. The van der Waals surface area contributed by atoms with Crippen LogP contribution in [0.25, 0.3) is 0 Å². The highest BCUT2D eigenvalue weighted by Crippen LogP contribution is 1.97. The molecule has 1 atom stereocenters. The van der Waals surface area contributed by atoms with Gasteiger partial charge >= 0.3 is 5.97 Å². The van der Waals surface area contributed by atoms with Gasteiger partial charge in [0.25, 0.3) is 0 Å². The van der Waals surface area contributed by atoms with E-state index in [1.165, 1.54) is 6.08 Å². The van der Waals surface area contributed by atoms with E-state index in [4.69, 9.17) is 5.11 Å². The van der Waals surface area contributed by atoms with Crippen LogP contribution in [-0.2, 0) is 9.59 Å². The van der Waals surface area contributed by atoms with Crippen LogP contribution in [0.5, 0.6) is 0 Å². The van der Waals surface area contributed by atoms with Crippen LogP contribution in [0.4, 0.5) is 0 Å². The minimum Gasteiger partial charge on any atom is -0.481 e. The summed E-state index contributed by atoms with van der Waals surface area (Å²) in [6.45, 7) is 3.56. The first-order chi connectivity index (χ1) is 5.57. The second kappa shape index (κ2) is 5.35. The van der Waals surface area contributed by atoms with Crippen LogP contribution >= 0.6 is 0 Å². The molecule has 0 bridgehead atoms. The Morgan fingerprint density at radius 2 is 2.17 bits per heavy atom. The largest absolute Gasteiger partial charge is 0.481 e. The quantitative estimate of drug-likeness (QED) is 0.644. The van der Waals surface area contributed by atoms with Crippen LogP contribution in [0.3, 0.4) is 0 Å². The molecule has 4 nitrogen and oxygen atoms in total. The van der Waals surface area contributed by atoms with Crippen LogP contribution in [0.2, 0.25) is 0 Å². The minimum absolute atomic E-state index is 0.00463. The molecule has 0 saturated heterocycles. The van der Waals surface area contributed by atoms with Gasteiger partial charge in [0.05, 0.1) is 5.92 Å². The number of carboxylic acid groups (broad SMARTS) is 1. The fourth-order valence-electron chi connectivity index (χ4n) is 0.326. The van der Waals surface area contributed by atoms with Crippen LogP contribution in [0, 0.1) is 5.92 Å². The molecule has 0 fully saturated rings. The van der Waals surface area contributed by atoms with Gasteiger partial charge in [0.2, 0.25) is 5.91 Å². The van der Waals surface area contributed by atoms with Gasteiger partial charge in [-0.1, -0.05) is 13.8 Å². The molecular formula is C8H13NO3. The van der Waals surface area contributed by atoms with E-state index in [9.17, 15) is 9.59 Å². The number of rotatable bonds is 2. The van der Waals surface area contributed by atoms with E-state index in [0.717, 1.165) is 6.42 Å². The van der Waals surface area contributed by atoms with Crippen LogP contribution < -0.4 is 5.32 Å². The number of carbonyl (C=O) groups excluding carboxylic acids is 1. The molecule has 1 rings (SSSR count). The Labute approximate surface area is 71.3 Å². The van der Waals surface area contributed by atoms with E-state index < -0.39 is 5.97 Å². The third-order valence-electron chi connectivity index (χ3n) is 1.49. The second-order valence-corrected chi connectivity index (χ2v) is 2.49. The van der Waals surface area contributed by atoms with Gasteiger partial charge in [0, 0.05) is 12.3 Å². The number of aliphatic carboxylic acids is 1. The summed E-state index contributed by atoms with van der Waals surface area (Å²) in [6.07, 6.45) is 3.79. The van der Waals surface area contributed by atoms with Crippen LogP contribution in [0.15, 0.2) is 12.3 Å². The summed E-state index contributed by atoms with van der Waals surface area (Å²) < 4.78 is 0. The average Bonchev–Trinajstić information content (AvgIpc) is 2.00. The van der Waals surface area contributed by atoms with E-state index >= 15 is 0 Å². The first kappa shape index (κ1) is 10.7. The van der Waals surface area contributed by atoms with Crippen molar-refractivity contribution in [3.05, 3.63) is 12.3 Å². The molecule has 4 heteroatoms. The summed E-state index contributed by atoms with van der Waals surface area (Å²) in [5.41, 5.74) is 0. The summed E-state index contributed by atoms with van der Waals surface area (Å²) in [5, 5.41) is 10.6. The minimum atomic E-state index is -0.706. The molecule has 1 unspecified atom stereocenters. The topological polar surface area (TPSA) is 66.4 Å². The van der Waals surface area contributed by atoms with E-state index in [0.29, 0.717) is 0 Å². The van der Waals surface area contributed by atoms with Crippen molar-refractivity contribution in [1.29, 1.82) is 0 Å². The molecule has 68 valence electrons. The molecule has 0 spiro atoms. The van der Waals surface area contributed by atoms with Crippen LogP contribution in [0.1, 0.15) is 20.3 Å². The maximum Gasteiger partial charge on any atom is 0.306 e. The Morgan fingerprint density at radius 3 is 2.17 bits per heavy atom. The Hall–Kier alpha value is -1.32. The van der Waals surface area contributed by atoms with Gasteiger partial charge in [-0.2, -0.15) is 0 Å². The second-order valence-electron chi connectivity index (χ2n) is 2.49. The first-order valence-corrected chi connectivity index (χ1v) is 3.77. The highest BCUT2D eigenvalue weighted by Gasteiger charge is 2.05. The molecule has 2 N–H and O–H groups in total. The van der Waals surface area contributed by atoms with E-state index in [-0.39, 0.29) is 11.8 Å². The zero-order valence-electron chi connectivity index (χ0n) is 7.20. The normalized spacial score (nSPS) is 15.0. The zero-order valence-corrected chi connectivity index (χ0v) is 7.20. The molecule has 0 saturated carbocycles. The van der Waals surface area contributed by atoms with Crippen molar-refractivity contribution in [3.63, 3.8) is 0 Å². The number of hydrogen-bond acceptors (Lipinski definition) is 2. The third kappa shape index (κ3) is 4.49. The highest BCUT2D eigenvalue weighted by atomic mass is 16.4. The van der Waals surface area contributed by atoms with Gasteiger partial charge in [0.1, 0.15) is 0 Å². The van der Waals surface area contributed by atoms with Crippen molar-refractivity contribution >= 4 is 11.9 Å².